The van der Waals surface area contributed by atoms with E-state index in [1.165, 1.54) is 0 Å². The van der Waals surface area contributed by atoms with Crippen LogP contribution in [0.5, 0.6) is 11.5 Å². The van der Waals surface area contributed by atoms with Crippen LogP contribution in [0.15, 0.2) is 12.1 Å². The monoisotopic (exact) mass is 290 g/mol. The van der Waals surface area contributed by atoms with Gasteiger partial charge in [-0.25, -0.2) is 0 Å². The molecule has 1 saturated heterocycles. The molecule has 1 unspecified atom stereocenters. The maximum atomic E-state index is 12.2. The molecule has 1 aromatic carbocycles. The summed E-state index contributed by atoms with van der Waals surface area (Å²) in [4.78, 5) is 23.4. The number of fused-ring (bicyclic) bond motifs is 1. The minimum absolute atomic E-state index is 0.0744. The number of amides is 2. The van der Waals surface area contributed by atoms with Crippen LogP contribution in [0.25, 0.3) is 0 Å². The van der Waals surface area contributed by atoms with Crippen molar-refractivity contribution in [2.75, 3.05) is 12.1 Å². The number of benzene rings is 1. The molecule has 0 bridgehead atoms. The van der Waals surface area contributed by atoms with Crippen molar-refractivity contribution in [2.45, 2.75) is 38.6 Å². The van der Waals surface area contributed by atoms with E-state index in [1.807, 2.05) is 6.07 Å². The fourth-order valence-electron chi connectivity index (χ4n) is 2.61. The molecule has 2 N–H and O–H groups in total. The zero-order valence-electron chi connectivity index (χ0n) is 11.9. The molecule has 6 heteroatoms. The number of hydrogen-bond donors (Lipinski definition) is 2. The second kappa shape index (κ2) is 5.63. The molecule has 112 valence electrons. The predicted octanol–water partition coefficient (Wildman–Crippen LogP) is 1.58. The molecule has 1 atom stereocenters. The zero-order valence-corrected chi connectivity index (χ0v) is 11.9. The summed E-state index contributed by atoms with van der Waals surface area (Å²) in [6.07, 6.45) is 2.74. The zero-order chi connectivity index (χ0) is 14.8. The van der Waals surface area contributed by atoms with Crippen LogP contribution in [0, 0.1) is 0 Å². The van der Waals surface area contributed by atoms with Gasteiger partial charge in [0.2, 0.25) is 18.6 Å². The third-order valence-electron chi connectivity index (χ3n) is 3.69. The topological polar surface area (TPSA) is 76.7 Å². The van der Waals surface area contributed by atoms with Crippen molar-refractivity contribution in [2.24, 2.45) is 0 Å². The van der Waals surface area contributed by atoms with Gasteiger partial charge >= 0.3 is 0 Å². The summed E-state index contributed by atoms with van der Waals surface area (Å²) >= 11 is 0. The Morgan fingerprint density at radius 3 is 2.81 bits per heavy atom. The molecule has 3 rings (SSSR count). The molecule has 2 aliphatic heterocycles. The molecular weight excluding hydrogens is 272 g/mol. The first-order chi connectivity index (χ1) is 10.2. The Hall–Kier alpha value is -2.24. The van der Waals surface area contributed by atoms with Crippen LogP contribution in [-0.2, 0) is 16.0 Å². The van der Waals surface area contributed by atoms with E-state index in [1.54, 1.807) is 6.07 Å². The van der Waals surface area contributed by atoms with Crippen molar-refractivity contribution in [3.8, 4) is 11.5 Å². The standard InChI is InChI=1S/C15H18N2O4/c1-2-3-9-6-12-13(21-8-20-12)7-11(9)17-15(19)10-4-5-14(18)16-10/h6-7,10H,2-5,8H2,1H3,(H,16,18)(H,17,19). The van der Waals surface area contributed by atoms with Crippen LogP contribution in [0.4, 0.5) is 5.69 Å². The summed E-state index contributed by atoms with van der Waals surface area (Å²) in [6.45, 7) is 2.28. The average molecular weight is 290 g/mol. The Morgan fingerprint density at radius 2 is 2.14 bits per heavy atom. The Kier molecular flexibility index (Phi) is 3.68. The van der Waals surface area contributed by atoms with E-state index in [-0.39, 0.29) is 18.6 Å². The minimum Gasteiger partial charge on any atom is -0.454 e. The van der Waals surface area contributed by atoms with Gasteiger partial charge in [-0.3, -0.25) is 9.59 Å². The van der Waals surface area contributed by atoms with E-state index >= 15 is 0 Å². The van der Waals surface area contributed by atoms with E-state index in [0.29, 0.717) is 24.3 Å². The highest BCUT2D eigenvalue weighted by atomic mass is 16.7. The van der Waals surface area contributed by atoms with Gasteiger partial charge in [-0.2, -0.15) is 0 Å². The molecule has 0 spiro atoms. The summed E-state index contributed by atoms with van der Waals surface area (Å²) in [7, 11) is 0. The molecule has 21 heavy (non-hydrogen) atoms. The summed E-state index contributed by atoms with van der Waals surface area (Å²) in [6, 6.07) is 3.26. The fourth-order valence-corrected chi connectivity index (χ4v) is 2.61. The number of ether oxygens (including phenoxy) is 2. The van der Waals surface area contributed by atoms with E-state index in [9.17, 15) is 9.59 Å². The van der Waals surface area contributed by atoms with Crippen molar-refractivity contribution in [1.29, 1.82) is 0 Å². The summed E-state index contributed by atoms with van der Waals surface area (Å²) in [5.74, 6) is 1.10. The highest BCUT2D eigenvalue weighted by Crippen LogP contribution is 2.37. The first-order valence-electron chi connectivity index (χ1n) is 7.20. The number of hydrogen-bond acceptors (Lipinski definition) is 4. The Labute approximate surface area is 122 Å². The van der Waals surface area contributed by atoms with Crippen molar-refractivity contribution < 1.29 is 19.1 Å². The lowest BCUT2D eigenvalue weighted by molar-refractivity contribution is -0.122. The van der Waals surface area contributed by atoms with Gasteiger partial charge in [0.1, 0.15) is 6.04 Å². The summed E-state index contributed by atoms with van der Waals surface area (Å²) in [5.41, 5.74) is 1.74. The first-order valence-corrected chi connectivity index (χ1v) is 7.20. The van der Waals surface area contributed by atoms with Crippen LogP contribution in [0.2, 0.25) is 0 Å². The Bertz CT molecular complexity index is 585. The molecule has 2 aliphatic rings. The SMILES string of the molecule is CCCc1cc2c(cc1NC(=O)C1CCC(=O)N1)OCO2. The summed E-state index contributed by atoms with van der Waals surface area (Å²) < 4.78 is 10.7. The molecule has 2 amide bonds. The third kappa shape index (κ3) is 2.79. The second-order valence-corrected chi connectivity index (χ2v) is 5.26. The molecule has 0 radical (unpaired) electrons. The first kappa shape index (κ1) is 13.7. The van der Waals surface area contributed by atoms with Crippen LogP contribution in [-0.4, -0.2) is 24.6 Å². The van der Waals surface area contributed by atoms with Crippen molar-refractivity contribution in [3.05, 3.63) is 17.7 Å². The molecule has 0 aliphatic carbocycles. The smallest absolute Gasteiger partial charge is 0.246 e. The van der Waals surface area contributed by atoms with Gasteiger partial charge < -0.3 is 20.1 Å². The van der Waals surface area contributed by atoms with Gasteiger partial charge in [0, 0.05) is 18.2 Å². The third-order valence-corrected chi connectivity index (χ3v) is 3.69. The molecule has 0 saturated carbocycles. The van der Waals surface area contributed by atoms with Gasteiger partial charge in [0.15, 0.2) is 11.5 Å². The predicted molar refractivity (Wildman–Crippen MR) is 76.4 cm³/mol. The van der Waals surface area contributed by atoms with Gasteiger partial charge in [-0.05, 0) is 24.5 Å². The van der Waals surface area contributed by atoms with E-state index < -0.39 is 6.04 Å². The summed E-state index contributed by atoms with van der Waals surface area (Å²) in [5, 5.41) is 5.57. The Morgan fingerprint density at radius 1 is 1.38 bits per heavy atom. The number of carbonyl (C=O) groups is 2. The van der Waals surface area contributed by atoms with Gasteiger partial charge in [-0.15, -0.1) is 0 Å². The van der Waals surface area contributed by atoms with Crippen molar-refractivity contribution >= 4 is 17.5 Å². The number of nitrogens with one attached hydrogen (secondary N) is 2. The molecular formula is C15H18N2O4. The quantitative estimate of drug-likeness (QED) is 0.882. The molecule has 0 aromatic heterocycles. The van der Waals surface area contributed by atoms with Crippen LogP contribution in [0.1, 0.15) is 31.7 Å². The number of anilines is 1. The maximum absolute atomic E-state index is 12.2. The lowest BCUT2D eigenvalue weighted by atomic mass is 10.1. The van der Waals surface area contributed by atoms with Gasteiger partial charge in [0.05, 0.1) is 0 Å². The number of rotatable bonds is 4. The van der Waals surface area contributed by atoms with Crippen LogP contribution < -0.4 is 20.1 Å². The lowest BCUT2D eigenvalue weighted by Gasteiger charge is -2.15. The molecule has 2 heterocycles. The Balaban J connectivity index is 1.80. The van der Waals surface area contributed by atoms with Crippen molar-refractivity contribution in [3.63, 3.8) is 0 Å². The van der Waals surface area contributed by atoms with Crippen LogP contribution in [0.3, 0.4) is 0 Å². The fraction of sp³-hybridized carbons (Fsp3) is 0.467. The van der Waals surface area contributed by atoms with Crippen molar-refractivity contribution in [1.82, 2.24) is 5.32 Å². The van der Waals surface area contributed by atoms with E-state index in [2.05, 4.69) is 17.6 Å². The molecule has 6 nitrogen and oxygen atoms in total. The van der Waals surface area contributed by atoms with E-state index in [0.717, 1.165) is 24.1 Å². The number of aryl methyl sites for hydroxylation is 1. The molecule has 1 fully saturated rings. The average Bonchev–Trinajstić information content (AvgIpc) is 3.07. The maximum Gasteiger partial charge on any atom is 0.246 e. The van der Waals surface area contributed by atoms with Crippen LogP contribution >= 0.6 is 0 Å². The minimum atomic E-state index is -0.447. The van der Waals surface area contributed by atoms with E-state index in [4.69, 9.17) is 9.47 Å². The highest BCUT2D eigenvalue weighted by molar-refractivity contribution is 5.99. The highest BCUT2D eigenvalue weighted by Gasteiger charge is 2.28. The molecule has 1 aromatic rings. The van der Waals surface area contributed by atoms with Gasteiger partial charge in [-0.1, -0.05) is 13.3 Å². The largest absolute Gasteiger partial charge is 0.454 e. The second-order valence-electron chi connectivity index (χ2n) is 5.26. The normalized spacial score (nSPS) is 19.5. The number of carbonyl (C=O) groups excluding carboxylic acids is 2. The van der Waals surface area contributed by atoms with Gasteiger partial charge in [0.25, 0.3) is 0 Å². The lowest BCUT2D eigenvalue weighted by Crippen LogP contribution is -2.37.